The van der Waals surface area contributed by atoms with E-state index in [1.54, 1.807) is 0 Å². The first-order valence-electron chi connectivity index (χ1n) is 10.2. The number of benzene rings is 2. The summed E-state index contributed by atoms with van der Waals surface area (Å²) in [5.41, 5.74) is 7.97. The standard InChI is InChI=1S/C25H25N3O2S/c1-14-8-17(4)23(18(5)9-14)27-21(29)11-28-13-26-24-22(25(28)30)20(12-31-24)19-7-6-15(2)16(3)10-19/h6-10,12-13H,11H2,1-5H3,(H,27,29). The summed E-state index contributed by atoms with van der Waals surface area (Å²) in [6.45, 7) is 10.0. The third kappa shape index (κ3) is 4.03. The minimum atomic E-state index is -0.249. The first-order chi connectivity index (χ1) is 14.7. The summed E-state index contributed by atoms with van der Waals surface area (Å²) in [4.78, 5) is 31.1. The number of thiophene rings is 1. The Balaban J connectivity index is 1.68. The van der Waals surface area contributed by atoms with Gasteiger partial charge < -0.3 is 5.32 Å². The Hall–Kier alpha value is -3.25. The van der Waals surface area contributed by atoms with Crippen molar-refractivity contribution in [2.75, 3.05) is 5.32 Å². The van der Waals surface area contributed by atoms with Crippen molar-refractivity contribution in [2.24, 2.45) is 0 Å². The third-order valence-electron chi connectivity index (χ3n) is 5.63. The maximum Gasteiger partial charge on any atom is 0.263 e. The molecule has 158 valence electrons. The number of aromatic nitrogens is 2. The lowest BCUT2D eigenvalue weighted by atomic mass is 10.0. The van der Waals surface area contributed by atoms with Crippen LogP contribution < -0.4 is 10.9 Å². The summed E-state index contributed by atoms with van der Waals surface area (Å²) in [5.74, 6) is -0.249. The number of fused-ring (bicyclic) bond motifs is 1. The number of hydrogen-bond donors (Lipinski definition) is 1. The summed E-state index contributed by atoms with van der Waals surface area (Å²) in [7, 11) is 0. The van der Waals surface area contributed by atoms with E-state index in [1.807, 2.05) is 44.4 Å². The van der Waals surface area contributed by atoms with Crippen LogP contribution in [0.1, 0.15) is 27.8 Å². The molecule has 5 nitrogen and oxygen atoms in total. The number of amides is 1. The molecule has 2 heterocycles. The summed E-state index contributed by atoms with van der Waals surface area (Å²) < 4.78 is 1.38. The van der Waals surface area contributed by atoms with Gasteiger partial charge in [-0.3, -0.25) is 14.2 Å². The lowest BCUT2D eigenvalue weighted by Crippen LogP contribution is -2.28. The number of aryl methyl sites for hydroxylation is 5. The van der Waals surface area contributed by atoms with Crippen LogP contribution in [-0.4, -0.2) is 15.5 Å². The zero-order chi connectivity index (χ0) is 22.3. The Labute approximate surface area is 185 Å². The van der Waals surface area contributed by atoms with Gasteiger partial charge in [0.05, 0.1) is 11.7 Å². The van der Waals surface area contributed by atoms with E-state index < -0.39 is 0 Å². The number of hydrogen-bond acceptors (Lipinski definition) is 4. The molecule has 0 bridgehead atoms. The van der Waals surface area contributed by atoms with Crippen LogP contribution in [0.4, 0.5) is 5.69 Å². The van der Waals surface area contributed by atoms with Crippen molar-refractivity contribution in [2.45, 2.75) is 41.2 Å². The lowest BCUT2D eigenvalue weighted by molar-refractivity contribution is -0.116. The molecule has 6 heteroatoms. The fourth-order valence-electron chi connectivity index (χ4n) is 3.91. The molecule has 0 aliphatic heterocycles. The van der Waals surface area contributed by atoms with Crippen molar-refractivity contribution >= 4 is 33.1 Å². The smallest absolute Gasteiger partial charge is 0.263 e. The van der Waals surface area contributed by atoms with Crippen molar-refractivity contribution in [1.29, 1.82) is 0 Å². The van der Waals surface area contributed by atoms with Crippen molar-refractivity contribution in [1.82, 2.24) is 9.55 Å². The topological polar surface area (TPSA) is 64.0 Å². The van der Waals surface area contributed by atoms with Gasteiger partial charge in [-0.15, -0.1) is 11.3 Å². The van der Waals surface area contributed by atoms with Crippen molar-refractivity contribution < 1.29 is 4.79 Å². The molecule has 1 N–H and O–H groups in total. The molecule has 2 aromatic heterocycles. The van der Waals surface area contributed by atoms with Gasteiger partial charge in [-0.1, -0.05) is 35.9 Å². The zero-order valence-corrected chi connectivity index (χ0v) is 19.2. The average molecular weight is 432 g/mol. The van der Waals surface area contributed by atoms with E-state index in [0.717, 1.165) is 33.5 Å². The number of anilines is 1. The van der Waals surface area contributed by atoms with Crippen molar-refractivity contribution in [3.05, 3.63) is 80.2 Å². The molecule has 0 saturated heterocycles. The molecular formula is C25H25N3O2S. The first kappa shape index (κ1) is 21.0. The van der Waals surface area contributed by atoms with Gasteiger partial charge in [-0.25, -0.2) is 4.98 Å². The van der Waals surface area contributed by atoms with E-state index in [2.05, 4.69) is 36.3 Å². The summed E-state index contributed by atoms with van der Waals surface area (Å²) in [5, 5.41) is 5.49. The number of carbonyl (C=O) groups is 1. The molecule has 0 saturated carbocycles. The molecular weight excluding hydrogens is 406 g/mol. The molecule has 0 atom stereocenters. The highest BCUT2D eigenvalue weighted by atomic mass is 32.1. The van der Waals surface area contributed by atoms with E-state index in [1.165, 1.54) is 33.4 Å². The molecule has 31 heavy (non-hydrogen) atoms. The van der Waals surface area contributed by atoms with Gasteiger partial charge >= 0.3 is 0 Å². The van der Waals surface area contributed by atoms with Gasteiger partial charge in [0, 0.05) is 16.6 Å². The van der Waals surface area contributed by atoms with Gasteiger partial charge in [0.25, 0.3) is 5.56 Å². The van der Waals surface area contributed by atoms with Crippen molar-refractivity contribution in [3.8, 4) is 11.1 Å². The van der Waals surface area contributed by atoms with Crippen LogP contribution in [0.25, 0.3) is 21.3 Å². The molecule has 1 amide bonds. The van der Waals surface area contributed by atoms with Crippen molar-refractivity contribution in [3.63, 3.8) is 0 Å². The highest BCUT2D eigenvalue weighted by molar-refractivity contribution is 7.17. The predicted molar refractivity (Wildman–Crippen MR) is 128 cm³/mol. The minimum Gasteiger partial charge on any atom is -0.324 e. The Morgan fingerprint density at radius 2 is 1.71 bits per heavy atom. The number of rotatable bonds is 4. The minimum absolute atomic E-state index is 0.0866. The molecule has 0 radical (unpaired) electrons. The van der Waals surface area contributed by atoms with E-state index in [4.69, 9.17) is 0 Å². The Kier molecular flexibility index (Phi) is 5.50. The zero-order valence-electron chi connectivity index (χ0n) is 18.4. The summed E-state index contributed by atoms with van der Waals surface area (Å²) in [6.07, 6.45) is 1.46. The highest BCUT2D eigenvalue weighted by Gasteiger charge is 2.16. The molecule has 0 unspecified atom stereocenters. The number of nitrogens with zero attached hydrogens (tertiary/aromatic N) is 2. The molecule has 0 aliphatic rings. The second-order valence-electron chi connectivity index (χ2n) is 8.13. The Bertz CT molecular complexity index is 1360. The van der Waals surface area contributed by atoms with E-state index >= 15 is 0 Å². The second-order valence-corrected chi connectivity index (χ2v) is 8.99. The molecule has 2 aromatic carbocycles. The van der Waals surface area contributed by atoms with Gasteiger partial charge in [-0.05, 0) is 62.4 Å². The SMILES string of the molecule is Cc1cc(C)c(NC(=O)Cn2cnc3scc(-c4ccc(C)c(C)c4)c3c2=O)c(C)c1. The van der Waals surface area contributed by atoms with E-state index in [9.17, 15) is 9.59 Å². The second kappa shape index (κ2) is 8.12. The van der Waals surface area contributed by atoms with E-state index in [0.29, 0.717) is 10.2 Å². The van der Waals surface area contributed by atoms with Gasteiger partial charge in [-0.2, -0.15) is 0 Å². The summed E-state index contributed by atoms with van der Waals surface area (Å²) in [6, 6.07) is 10.2. The fraction of sp³-hybridized carbons (Fsp3) is 0.240. The number of carbonyl (C=O) groups excluding carboxylic acids is 1. The Morgan fingerprint density at radius 3 is 2.39 bits per heavy atom. The van der Waals surface area contributed by atoms with Crippen LogP contribution in [0, 0.1) is 34.6 Å². The molecule has 0 aliphatic carbocycles. The highest BCUT2D eigenvalue weighted by Crippen LogP contribution is 2.31. The Morgan fingerprint density at radius 1 is 1.00 bits per heavy atom. The van der Waals surface area contributed by atoms with Gasteiger partial charge in [0.15, 0.2) is 0 Å². The quantitative estimate of drug-likeness (QED) is 0.476. The van der Waals surface area contributed by atoms with Crippen LogP contribution in [0.2, 0.25) is 0 Å². The van der Waals surface area contributed by atoms with Crippen LogP contribution in [0.3, 0.4) is 0 Å². The lowest BCUT2D eigenvalue weighted by Gasteiger charge is -2.13. The molecule has 0 fully saturated rings. The average Bonchev–Trinajstić information content (AvgIpc) is 3.14. The maximum atomic E-state index is 13.3. The largest absolute Gasteiger partial charge is 0.324 e. The summed E-state index contributed by atoms with van der Waals surface area (Å²) >= 11 is 1.44. The van der Waals surface area contributed by atoms with Crippen LogP contribution in [-0.2, 0) is 11.3 Å². The number of nitrogens with one attached hydrogen (secondary N) is 1. The van der Waals surface area contributed by atoms with Gasteiger partial charge in [0.1, 0.15) is 11.4 Å². The van der Waals surface area contributed by atoms with Gasteiger partial charge in [0.2, 0.25) is 5.91 Å². The predicted octanol–water partition coefficient (Wildman–Crippen LogP) is 5.31. The molecule has 4 aromatic rings. The van der Waals surface area contributed by atoms with Crippen LogP contribution in [0.15, 0.2) is 46.8 Å². The first-order valence-corrected chi connectivity index (χ1v) is 11.0. The van der Waals surface area contributed by atoms with Crippen LogP contribution in [0.5, 0.6) is 0 Å². The fourth-order valence-corrected chi connectivity index (χ4v) is 4.82. The third-order valence-corrected chi connectivity index (χ3v) is 6.52. The molecule has 0 spiro atoms. The normalized spacial score (nSPS) is 11.1. The maximum absolute atomic E-state index is 13.3. The molecule has 4 rings (SSSR count). The van der Waals surface area contributed by atoms with E-state index in [-0.39, 0.29) is 18.0 Å². The monoisotopic (exact) mass is 431 g/mol. The van der Waals surface area contributed by atoms with Crippen LogP contribution >= 0.6 is 11.3 Å².